The molecule has 0 spiro atoms. The van der Waals surface area contributed by atoms with Gasteiger partial charge in [-0.3, -0.25) is 4.79 Å². The highest BCUT2D eigenvalue weighted by atomic mass is 16.4. The Labute approximate surface area is 107 Å². The van der Waals surface area contributed by atoms with Gasteiger partial charge in [0.1, 0.15) is 6.07 Å². The monoisotopic (exact) mass is 246 g/mol. The van der Waals surface area contributed by atoms with Gasteiger partial charge in [-0.15, -0.1) is 0 Å². The van der Waals surface area contributed by atoms with E-state index >= 15 is 0 Å². The molecule has 4 nitrogen and oxygen atoms in total. The third-order valence-corrected chi connectivity index (χ3v) is 2.80. The fraction of sp³-hybridized carbons (Fsp3) is 0.429. The molecule has 4 heteroatoms. The molecular formula is C14H18N2O2. The lowest BCUT2D eigenvalue weighted by Gasteiger charge is -2.31. The summed E-state index contributed by atoms with van der Waals surface area (Å²) < 4.78 is 0. The minimum Gasteiger partial charge on any atom is -0.481 e. The summed E-state index contributed by atoms with van der Waals surface area (Å²) in [4.78, 5) is 10.9. The number of nitrogens with one attached hydrogen (secondary N) is 1. The van der Waals surface area contributed by atoms with Crippen LogP contribution >= 0.6 is 0 Å². The van der Waals surface area contributed by atoms with Crippen LogP contribution in [0.5, 0.6) is 0 Å². The van der Waals surface area contributed by atoms with Crippen LogP contribution < -0.4 is 5.32 Å². The van der Waals surface area contributed by atoms with Gasteiger partial charge in [-0.2, -0.15) is 5.26 Å². The highest BCUT2D eigenvalue weighted by Crippen LogP contribution is 2.27. The molecule has 0 aromatic heterocycles. The summed E-state index contributed by atoms with van der Waals surface area (Å²) in [5, 5.41) is 21.1. The van der Waals surface area contributed by atoms with Crippen LogP contribution in [0.4, 0.5) is 5.69 Å². The van der Waals surface area contributed by atoms with Crippen molar-refractivity contribution in [3.05, 3.63) is 29.8 Å². The fourth-order valence-corrected chi connectivity index (χ4v) is 1.64. The van der Waals surface area contributed by atoms with Crippen molar-refractivity contribution in [2.75, 3.05) is 5.32 Å². The van der Waals surface area contributed by atoms with E-state index in [9.17, 15) is 4.79 Å². The van der Waals surface area contributed by atoms with Gasteiger partial charge in [0.2, 0.25) is 0 Å². The van der Waals surface area contributed by atoms with E-state index in [-0.39, 0.29) is 17.9 Å². The lowest BCUT2D eigenvalue weighted by atomic mass is 9.84. The normalized spacial score (nSPS) is 12.6. The van der Waals surface area contributed by atoms with Crippen LogP contribution in [-0.4, -0.2) is 17.1 Å². The summed E-state index contributed by atoms with van der Waals surface area (Å²) in [6, 6.07) is 8.97. The Kier molecular flexibility index (Phi) is 4.33. The first-order valence-electron chi connectivity index (χ1n) is 5.82. The van der Waals surface area contributed by atoms with Crippen molar-refractivity contribution in [2.24, 2.45) is 5.41 Å². The second-order valence-corrected chi connectivity index (χ2v) is 5.32. The molecule has 1 rings (SSSR count). The van der Waals surface area contributed by atoms with E-state index in [2.05, 4.69) is 11.4 Å². The molecular weight excluding hydrogens is 228 g/mol. The van der Waals surface area contributed by atoms with Crippen molar-refractivity contribution in [1.29, 1.82) is 5.26 Å². The van der Waals surface area contributed by atoms with E-state index in [1.54, 1.807) is 18.2 Å². The molecule has 1 unspecified atom stereocenters. The molecule has 0 fully saturated rings. The average Bonchev–Trinajstić information content (AvgIpc) is 2.27. The third kappa shape index (κ3) is 3.77. The van der Waals surface area contributed by atoms with E-state index in [0.717, 1.165) is 0 Å². The number of nitriles is 1. The van der Waals surface area contributed by atoms with Crippen molar-refractivity contribution in [2.45, 2.75) is 33.2 Å². The molecule has 1 aromatic carbocycles. The van der Waals surface area contributed by atoms with Crippen LogP contribution in [0.3, 0.4) is 0 Å². The number of nitrogens with zero attached hydrogens (tertiary/aromatic N) is 1. The van der Waals surface area contributed by atoms with Crippen LogP contribution in [-0.2, 0) is 4.79 Å². The second-order valence-electron chi connectivity index (χ2n) is 5.32. The number of carboxylic acid groups (broad SMARTS) is 1. The van der Waals surface area contributed by atoms with Crippen LogP contribution in [0.1, 0.15) is 32.8 Å². The first-order valence-corrected chi connectivity index (χ1v) is 5.82. The van der Waals surface area contributed by atoms with Gasteiger partial charge >= 0.3 is 5.97 Å². The zero-order valence-corrected chi connectivity index (χ0v) is 10.9. The van der Waals surface area contributed by atoms with E-state index in [1.165, 1.54) is 0 Å². The van der Waals surface area contributed by atoms with E-state index in [0.29, 0.717) is 11.3 Å². The zero-order valence-electron chi connectivity index (χ0n) is 10.9. The third-order valence-electron chi connectivity index (χ3n) is 2.80. The number of rotatable bonds is 4. The summed E-state index contributed by atoms with van der Waals surface area (Å²) in [6.07, 6.45) is 0.0171. The van der Waals surface area contributed by atoms with E-state index in [4.69, 9.17) is 10.4 Å². The van der Waals surface area contributed by atoms with Gasteiger partial charge in [-0.25, -0.2) is 0 Å². The van der Waals surface area contributed by atoms with Crippen molar-refractivity contribution < 1.29 is 9.90 Å². The number of carbonyl (C=O) groups is 1. The number of hydrogen-bond donors (Lipinski definition) is 2. The number of benzene rings is 1. The molecule has 1 atom stereocenters. The molecule has 0 aliphatic rings. The molecule has 0 aliphatic heterocycles. The summed E-state index contributed by atoms with van der Waals surface area (Å²) in [7, 11) is 0. The standard InChI is InChI=1S/C14H18N2O2/c1-14(2,3)12(8-13(17)18)16-11-7-5-4-6-10(11)9-15/h4-7,12,16H,8H2,1-3H3,(H,17,18). The Morgan fingerprint density at radius 3 is 2.56 bits per heavy atom. The maximum absolute atomic E-state index is 10.9. The number of anilines is 1. The van der Waals surface area contributed by atoms with Gasteiger partial charge in [0.05, 0.1) is 17.7 Å². The van der Waals surface area contributed by atoms with Gasteiger partial charge in [-0.05, 0) is 17.5 Å². The molecule has 0 saturated heterocycles. The first-order chi connectivity index (χ1) is 8.34. The Bertz CT molecular complexity index is 469. The average molecular weight is 246 g/mol. The minimum absolute atomic E-state index is 0.0171. The van der Waals surface area contributed by atoms with E-state index < -0.39 is 5.97 Å². The maximum Gasteiger partial charge on any atom is 0.305 e. The quantitative estimate of drug-likeness (QED) is 0.856. The topological polar surface area (TPSA) is 73.1 Å². The number of aliphatic carboxylic acids is 1. The van der Waals surface area contributed by atoms with Gasteiger partial charge in [0.25, 0.3) is 0 Å². The Balaban J connectivity index is 2.97. The van der Waals surface area contributed by atoms with Crippen LogP contribution in [0.15, 0.2) is 24.3 Å². The predicted octanol–water partition coefficient (Wildman–Crippen LogP) is 2.86. The Hall–Kier alpha value is -2.02. The van der Waals surface area contributed by atoms with Gasteiger partial charge in [0, 0.05) is 6.04 Å². The molecule has 0 saturated carbocycles. The molecule has 0 bridgehead atoms. The smallest absolute Gasteiger partial charge is 0.305 e. The second kappa shape index (κ2) is 5.54. The minimum atomic E-state index is -0.850. The number of para-hydroxylation sites is 1. The molecule has 0 aliphatic carbocycles. The van der Waals surface area contributed by atoms with Crippen molar-refractivity contribution in [3.63, 3.8) is 0 Å². The predicted molar refractivity (Wildman–Crippen MR) is 70.3 cm³/mol. The molecule has 0 heterocycles. The van der Waals surface area contributed by atoms with Gasteiger partial charge in [0.15, 0.2) is 0 Å². The van der Waals surface area contributed by atoms with Crippen molar-refractivity contribution >= 4 is 11.7 Å². The Morgan fingerprint density at radius 2 is 2.06 bits per heavy atom. The molecule has 0 radical (unpaired) electrons. The highest BCUT2D eigenvalue weighted by molar-refractivity contribution is 5.69. The zero-order chi connectivity index (χ0) is 13.8. The Morgan fingerprint density at radius 1 is 1.44 bits per heavy atom. The number of hydrogen-bond acceptors (Lipinski definition) is 3. The lowest BCUT2D eigenvalue weighted by Crippen LogP contribution is -2.36. The summed E-state index contributed by atoms with van der Waals surface area (Å²) in [5.74, 6) is -0.850. The van der Waals surface area contributed by atoms with Gasteiger partial charge < -0.3 is 10.4 Å². The largest absolute Gasteiger partial charge is 0.481 e. The molecule has 2 N–H and O–H groups in total. The fourth-order valence-electron chi connectivity index (χ4n) is 1.64. The van der Waals surface area contributed by atoms with Crippen LogP contribution in [0.2, 0.25) is 0 Å². The van der Waals surface area contributed by atoms with Crippen LogP contribution in [0, 0.1) is 16.7 Å². The molecule has 1 aromatic rings. The molecule has 0 amide bonds. The van der Waals surface area contributed by atoms with Crippen molar-refractivity contribution in [3.8, 4) is 6.07 Å². The lowest BCUT2D eigenvalue weighted by molar-refractivity contribution is -0.137. The molecule has 18 heavy (non-hydrogen) atoms. The van der Waals surface area contributed by atoms with Crippen molar-refractivity contribution in [1.82, 2.24) is 0 Å². The molecule has 96 valence electrons. The summed E-state index contributed by atoms with van der Waals surface area (Å²) in [5.41, 5.74) is 0.999. The van der Waals surface area contributed by atoms with Crippen LogP contribution in [0.25, 0.3) is 0 Å². The maximum atomic E-state index is 10.9. The first kappa shape index (κ1) is 14.0. The van der Waals surface area contributed by atoms with E-state index in [1.807, 2.05) is 26.8 Å². The summed E-state index contributed by atoms with van der Waals surface area (Å²) >= 11 is 0. The van der Waals surface area contributed by atoms with Gasteiger partial charge in [-0.1, -0.05) is 32.9 Å². The SMILES string of the molecule is CC(C)(C)C(CC(=O)O)Nc1ccccc1C#N. The highest BCUT2D eigenvalue weighted by Gasteiger charge is 2.27. The summed E-state index contributed by atoms with van der Waals surface area (Å²) in [6.45, 7) is 5.92. The number of carboxylic acids is 1.